The number of phenols is 1. The molecular formula is C22H23N3O2S. The van der Waals surface area contributed by atoms with Crippen molar-refractivity contribution in [2.45, 2.75) is 49.1 Å². The summed E-state index contributed by atoms with van der Waals surface area (Å²) in [5.41, 5.74) is 1.67. The molecular weight excluding hydrogens is 370 g/mol. The molecule has 4 saturated carbocycles. The molecule has 0 amide bonds. The maximum absolute atomic E-state index is 12.3. The van der Waals surface area contributed by atoms with Gasteiger partial charge in [0.1, 0.15) is 23.1 Å². The smallest absolute Gasteiger partial charge is 0.270 e. The van der Waals surface area contributed by atoms with E-state index in [0.29, 0.717) is 10.7 Å². The number of rotatable bonds is 3. The Morgan fingerprint density at radius 1 is 1.21 bits per heavy atom. The largest absolute Gasteiger partial charge is 0.507 e. The molecule has 4 aliphatic carbocycles. The summed E-state index contributed by atoms with van der Waals surface area (Å²) in [6.07, 6.45) is 9.58. The van der Waals surface area contributed by atoms with Crippen molar-refractivity contribution in [3.8, 4) is 23.1 Å². The summed E-state index contributed by atoms with van der Waals surface area (Å²) >= 11 is 1.31. The summed E-state index contributed by atoms with van der Waals surface area (Å²) in [5, 5.41) is 20.5. The zero-order valence-corrected chi connectivity index (χ0v) is 16.7. The maximum atomic E-state index is 12.3. The fourth-order valence-electron chi connectivity index (χ4n) is 6.37. The van der Waals surface area contributed by atoms with Crippen LogP contribution in [0.5, 0.6) is 5.75 Å². The quantitative estimate of drug-likeness (QED) is 0.602. The van der Waals surface area contributed by atoms with Crippen LogP contribution in [0, 0.1) is 29.1 Å². The van der Waals surface area contributed by atoms with Crippen molar-refractivity contribution in [1.29, 1.82) is 5.26 Å². The second-order valence-electron chi connectivity index (χ2n) is 8.84. The lowest BCUT2D eigenvalue weighted by molar-refractivity contribution is -0.00518. The van der Waals surface area contributed by atoms with Gasteiger partial charge in [0.2, 0.25) is 0 Å². The Kier molecular flexibility index (Phi) is 4.06. The molecule has 2 N–H and O–H groups in total. The Labute approximate surface area is 168 Å². The third kappa shape index (κ3) is 2.68. The predicted octanol–water partition coefficient (Wildman–Crippen LogP) is 4.20. The van der Waals surface area contributed by atoms with Crippen LogP contribution in [0.4, 0.5) is 0 Å². The molecule has 1 aromatic carbocycles. The lowest BCUT2D eigenvalue weighted by Crippen LogP contribution is -2.48. The third-order valence-corrected chi connectivity index (χ3v) is 7.69. The molecule has 1 aromatic heterocycles. The molecule has 1 heterocycles. The van der Waals surface area contributed by atoms with Crippen LogP contribution in [0.2, 0.25) is 0 Å². The van der Waals surface area contributed by atoms with Crippen molar-refractivity contribution in [3.63, 3.8) is 0 Å². The van der Waals surface area contributed by atoms with Gasteiger partial charge < -0.3 is 10.1 Å². The molecule has 0 atom stereocenters. The molecule has 4 bridgehead atoms. The van der Waals surface area contributed by atoms with Crippen molar-refractivity contribution in [2.75, 3.05) is 6.26 Å². The number of thioether (sulfide) groups is 1. The number of phenolic OH excluding ortho intramolecular Hbond substituents is 1. The topological polar surface area (TPSA) is 89.8 Å². The Hall–Kier alpha value is -2.26. The predicted molar refractivity (Wildman–Crippen MR) is 108 cm³/mol. The van der Waals surface area contributed by atoms with Gasteiger partial charge in [-0.05, 0) is 85.6 Å². The van der Waals surface area contributed by atoms with Crippen LogP contribution in [0.25, 0.3) is 11.3 Å². The average molecular weight is 394 g/mol. The molecule has 28 heavy (non-hydrogen) atoms. The molecule has 0 radical (unpaired) electrons. The summed E-state index contributed by atoms with van der Waals surface area (Å²) in [6, 6.07) is 7.72. The number of benzene rings is 1. The lowest BCUT2D eigenvalue weighted by Gasteiger charge is -2.57. The standard InChI is InChI=1S/C22H23N3O2S/c1-28-21-24-19(17(11-23)20(27)25-21)16-7-15(2-3-18(16)26)22-8-12-4-13(9-22)6-14(5-12)10-22/h2-3,7,12-14,26H,4-6,8-10H2,1H3,(H,24,25,27). The minimum absolute atomic E-state index is 0.0456. The number of nitriles is 1. The van der Waals surface area contributed by atoms with Crippen LogP contribution < -0.4 is 5.56 Å². The van der Waals surface area contributed by atoms with Crippen molar-refractivity contribution in [2.24, 2.45) is 17.8 Å². The van der Waals surface area contributed by atoms with Crippen molar-refractivity contribution < 1.29 is 5.11 Å². The first kappa shape index (κ1) is 17.8. The van der Waals surface area contributed by atoms with Crippen molar-refractivity contribution in [1.82, 2.24) is 9.97 Å². The normalized spacial score (nSPS) is 30.4. The molecule has 4 fully saturated rings. The van der Waals surface area contributed by atoms with E-state index in [4.69, 9.17) is 0 Å². The number of aromatic hydroxyl groups is 1. The van der Waals surface area contributed by atoms with Gasteiger partial charge in [-0.1, -0.05) is 17.8 Å². The number of H-pyrrole nitrogens is 1. The third-order valence-electron chi connectivity index (χ3n) is 7.11. The van der Waals surface area contributed by atoms with Crippen LogP contribution in [0.1, 0.15) is 49.7 Å². The van der Waals surface area contributed by atoms with Gasteiger partial charge in [-0.3, -0.25) is 4.79 Å². The van der Waals surface area contributed by atoms with Gasteiger partial charge in [-0.2, -0.15) is 5.26 Å². The Morgan fingerprint density at radius 2 is 1.86 bits per heavy atom. The summed E-state index contributed by atoms with van der Waals surface area (Å²) < 4.78 is 0. The summed E-state index contributed by atoms with van der Waals surface area (Å²) in [7, 11) is 0. The highest BCUT2D eigenvalue weighted by molar-refractivity contribution is 7.98. The SMILES string of the molecule is CSc1nc(-c2cc(C34CC5CC(CC(C5)C3)C4)ccc2O)c(C#N)c(=O)[nH]1. The van der Waals surface area contributed by atoms with Gasteiger partial charge >= 0.3 is 0 Å². The molecule has 2 aromatic rings. The van der Waals surface area contributed by atoms with Crippen molar-refractivity contribution in [3.05, 3.63) is 39.7 Å². The van der Waals surface area contributed by atoms with Gasteiger partial charge in [0.15, 0.2) is 5.16 Å². The van der Waals surface area contributed by atoms with E-state index >= 15 is 0 Å². The van der Waals surface area contributed by atoms with Gasteiger partial charge in [-0.25, -0.2) is 4.98 Å². The first-order valence-corrected chi connectivity index (χ1v) is 11.2. The van der Waals surface area contributed by atoms with E-state index in [1.54, 1.807) is 6.07 Å². The van der Waals surface area contributed by atoms with Gasteiger partial charge in [-0.15, -0.1) is 0 Å². The summed E-state index contributed by atoms with van der Waals surface area (Å²) in [4.78, 5) is 19.4. The highest BCUT2D eigenvalue weighted by Gasteiger charge is 2.51. The first-order chi connectivity index (χ1) is 13.5. The van der Waals surface area contributed by atoms with Gasteiger partial charge in [0, 0.05) is 5.56 Å². The second-order valence-corrected chi connectivity index (χ2v) is 9.64. The molecule has 0 unspecified atom stereocenters. The highest BCUT2D eigenvalue weighted by Crippen LogP contribution is 2.61. The molecule has 5 nitrogen and oxygen atoms in total. The molecule has 0 aliphatic heterocycles. The molecule has 6 rings (SSSR count). The number of hydrogen-bond acceptors (Lipinski definition) is 5. The van der Waals surface area contributed by atoms with E-state index in [1.165, 1.54) is 55.9 Å². The number of nitrogens with zero attached hydrogens (tertiary/aromatic N) is 2. The zero-order chi connectivity index (χ0) is 19.5. The van der Waals surface area contributed by atoms with Crippen LogP contribution in [-0.4, -0.2) is 21.3 Å². The minimum atomic E-state index is -0.462. The zero-order valence-electron chi connectivity index (χ0n) is 15.9. The molecule has 0 saturated heterocycles. The maximum Gasteiger partial charge on any atom is 0.270 e. The van der Waals surface area contributed by atoms with Crippen LogP contribution in [0.15, 0.2) is 28.2 Å². The fourth-order valence-corrected chi connectivity index (χ4v) is 6.74. The Morgan fingerprint density at radius 3 is 2.43 bits per heavy atom. The fraction of sp³-hybridized carbons (Fsp3) is 0.500. The lowest BCUT2D eigenvalue weighted by atomic mass is 9.48. The monoisotopic (exact) mass is 393 g/mol. The Balaban J connectivity index is 1.65. The summed E-state index contributed by atoms with van der Waals surface area (Å²) in [5.74, 6) is 2.52. The molecule has 0 spiro atoms. The number of aromatic amines is 1. The van der Waals surface area contributed by atoms with E-state index < -0.39 is 5.56 Å². The van der Waals surface area contributed by atoms with Crippen molar-refractivity contribution >= 4 is 11.8 Å². The molecule has 6 heteroatoms. The first-order valence-electron chi connectivity index (χ1n) is 9.93. The summed E-state index contributed by atoms with van der Waals surface area (Å²) in [6.45, 7) is 0. The molecule has 144 valence electrons. The van der Waals surface area contributed by atoms with E-state index in [1.807, 2.05) is 24.5 Å². The van der Waals surface area contributed by atoms with E-state index in [2.05, 4.69) is 9.97 Å². The van der Waals surface area contributed by atoms with Crippen LogP contribution >= 0.6 is 11.8 Å². The second kappa shape index (κ2) is 6.38. The Bertz CT molecular complexity index is 1020. The van der Waals surface area contributed by atoms with E-state index in [-0.39, 0.29) is 22.4 Å². The number of aromatic nitrogens is 2. The number of hydrogen-bond donors (Lipinski definition) is 2. The average Bonchev–Trinajstić information content (AvgIpc) is 2.66. The van der Waals surface area contributed by atoms with Crippen LogP contribution in [0.3, 0.4) is 0 Å². The van der Waals surface area contributed by atoms with E-state index in [0.717, 1.165) is 17.8 Å². The molecule has 4 aliphatic rings. The number of nitrogens with one attached hydrogen (secondary N) is 1. The van der Waals surface area contributed by atoms with E-state index in [9.17, 15) is 15.2 Å². The minimum Gasteiger partial charge on any atom is -0.507 e. The highest BCUT2D eigenvalue weighted by atomic mass is 32.2. The van der Waals surface area contributed by atoms with Gasteiger partial charge in [0.25, 0.3) is 5.56 Å². The van der Waals surface area contributed by atoms with Gasteiger partial charge in [0.05, 0.1) is 0 Å². The van der Waals surface area contributed by atoms with Crippen LogP contribution in [-0.2, 0) is 5.41 Å².